The number of hydrogen-bond donors (Lipinski definition) is 1. The van der Waals surface area contributed by atoms with Crippen LogP contribution < -0.4 is 10.1 Å². The van der Waals surface area contributed by atoms with E-state index in [1.54, 1.807) is 23.1 Å². The second-order valence-electron chi connectivity index (χ2n) is 9.51. The summed E-state index contributed by atoms with van der Waals surface area (Å²) in [6.07, 6.45) is 1.88. The van der Waals surface area contributed by atoms with Crippen molar-refractivity contribution >= 4 is 35.0 Å². The first-order chi connectivity index (χ1) is 18.3. The molecule has 0 saturated heterocycles. The molecule has 38 heavy (non-hydrogen) atoms. The maximum atomic E-state index is 13.7. The monoisotopic (exact) mass is 554 g/mol. The van der Waals surface area contributed by atoms with E-state index in [1.165, 1.54) is 0 Å². The minimum atomic E-state index is -0.732. The number of benzene rings is 3. The minimum Gasteiger partial charge on any atom is -0.494 e. The lowest BCUT2D eigenvalue weighted by atomic mass is 10.0. The third-order valence-electron chi connectivity index (χ3n) is 6.49. The van der Waals surface area contributed by atoms with E-state index in [-0.39, 0.29) is 30.8 Å². The Bertz CT molecular complexity index is 1170. The zero-order chi connectivity index (χ0) is 27.5. The zero-order valence-corrected chi connectivity index (χ0v) is 23.8. The summed E-state index contributed by atoms with van der Waals surface area (Å²) < 4.78 is 5.83. The molecule has 0 spiro atoms. The molecule has 0 aliphatic heterocycles. The van der Waals surface area contributed by atoms with Gasteiger partial charge in [0.15, 0.2) is 0 Å². The molecule has 0 unspecified atom stereocenters. The first kappa shape index (κ1) is 29.5. The number of hydrogen-bond acceptors (Lipinski definition) is 3. The Hall–Kier alpha value is -3.02. The van der Waals surface area contributed by atoms with E-state index in [1.807, 2.05) is 75.4 Å². The molecule has 0 aliphatic carbocycles. The van der Waals surface area contributed by atoms with Crippen LogP contribution >= 0.6 is 23.2 Å². The lowest BCUT2D eigenvalue weighted by Crippen LogP contribution is -2.52. The highest BCUT2D eigenvalue weighted by Crippen LogP contribution is 2.27. The molecule has 0 bridgehead atoms. The third-order valence-corrected chi connectivity index (χ3v) is 7.20. The zero-order valence-electron chi connectivity index (χ0n) is 22.3. The molecule has 202 valence electrons. The number of amides is 2. The standard InChI is InChI=1S/C31H36Cl2N2O3/c1-4-23(3)34-31(37)29(20-24-10-6-5-7-11-24)35(21-26-27(32)12-8-13-28(26)33)30(36)14-9-19-38-25-17-15-22(2)16-18-25/h5-8,10-13,15-18,23,29H,4,9,14,19-21H2,1-3H3,(H,34,37)/t23-,29-/m1/s1. The Morgan fingerprint density at radius 2 is 1.61 bits per heavy atom. The number of aryl methyl sites for hydroxylation is 1. The number of ether oxygens (including phenoxy) is 1. The van der Waals surface area contributed by atoms with Crippen LogP contribution in [0.3, 0.4) is 0 Å². The van der Waals surface area contributed by atoms with Crippen molar-refractivity contribution in [3.8, 4) is 5.75 Å². The Labute approximate surface area is 236 Å². The van der Waals surface area contributed by atoms with Gasteiger partial charge in [-0.25, -0.2) is 0 Å². The van der Waals surface area contributed by atoms with E-state index >= 15 is 0 Å². The Balaban J connectivity index is 1.84. The summed E-state index contributed by atoms with van der Waals surface area (Å²) in [5.41, 5.74) is 2.73. The topological polar surface area (TPSA) is 58.6 Å². The van der Waals surface area contributed by atoms with Gasteiger partial charge in [0.05, 0.1) is 6.61 Å². The molecule has 3 aromatic rings. The SMILES string of the molecule is CC[C@@H](C)NC(=O)[C@@H](Cc1ccccc1)N(Cc1c(Cl)cccc1Cl)C(=O)CCCOc1ccc(C)cc1. The summed E-state index contributed by atoms with van der Waals surface area (Å²) in [5, 5.41) is 3.98. The highest BCUT2D eigenvalue weighted by molar-refractivity contribution is 6.36. The molecule has 3 aromatic carbocycles. The molecule has 0 aliphatic rings. The smallest absolute Gasteiger partial charge is 0.243 e. The lowest BCUT2D eigenvalue weighted by Gasteiger charge is -2.33. The summed E-state index contributed by atoms with van der Waals surface area (Å²) in [4.78, 5) is 28.9. The largest absolute Gasteiger partial charge is 0.494 e. The summed E-state index contributed by atoms with van der Waals surface area (Å²) in [5.74, 6) is 0.405. The van der Waals surface area contributed by atoms with Crippen LogP contribution in [0.2, 0.25) is 10.0 Å². The predicted octanol–water partition coefficient (Wildman–Crippen LogP) is 7.02. The molecular formula is C31H36Cl2N2O3. The van der Waals surface area contributed by atoms with Gasteiger partial charge in [-0.05, 0) is 56.5 Å². The summed E-state index contributed by atoms with van der Waals surface area (Å²) in [6, 6.07) is 22.0. The first-order valence-electron chi connectivity index (χ1n) is 13.0. The first-order valence-corrected chi connectivity index (χ1v) is 13.8. The number of halogens is 2. The average Bonchev–Trinajstić information content (AvgIpc) is 2.91. The molecular weight excluding hydrogens is 519 g/mol. The molecule has 0 saturated carbocycles. The van der Waals surface area contributed by atoms with Crippen molar-refractivity contribution in [3.05, 3.63) is 99.5 Å². The fourth-order valence-electron chi connectivity index (χ4n) is 4.04. The van der Waals surface area contributed by atoms with Crippen molar-refractivity contribution in [2.75, 3.05) is 6.61 Å². The van der Waals surface area contributed by atoms with Crippen LogP contribution in [0.5, 0.6) is 5.75 Å². The van der Waals surface area contributed by atoms with Gasteiger partial charge in [-0.1, -0.05) is 84.2 Å². The van der Waals surface area contributed by atoms with Gasteiger partial charge in [-0.3, -0.25) is 9.59 Å². The summed E-state index contributed by atoms with van der Waals surface area (Å²) in [6.45, 7) is 6.50. The molecule has 5 nitrogen and oxygen atoms in total. The molecule has 3 rings (SSSR count). The summed E-state index contributed by atoms with van der Waals surface area (Å²) >= 11 is 13.0. The molecule has 0 heterocycles. The van der Waals surface area contributed by atoms with E-state index < -0.39 is 6.04 Å². The van der Waals surface area contributed by atoms with Crippen LogP contribution in [0.4, 0.5) is 0 Å². The van der Waals surface area contributed by atoms with Gasteiger partial charge >= 0.3 is 0 Å². The van der Waals surface area contributed by atoms with Crippen LogP contribution in [-0.2, 0) is 22.6 Å². The molecule has 1 N–H and O–H groups in total. The van der Waals surface area contributed by atoms with Gasteiger partial charge in [-0.15, -0.1) is 0 Å². The van der Waals surface area contributed by atoms with E-state index in [9.17, 15) is 9.59 Å². The van der Waals surface area contributed by atoms with Crippen molar-refractivity contribution in [1.29, 1.82) is 0 Å². The molecule has 2 atom stereocenters. The average molecular weight is 556 g/mol. The van der Waals surface area contributed by atoms with Crippen LogP contribution in [0.25, 0.3) is 0 Å². The number of carbonyl (C=O) groups is 2. The van der Waals surface area contributed by atoms with E-state index in [4.69, 9.17) is 27.9 Å². The Morgan fingerprint density at radius 1 is 0.947 bits per heavy atom. The number of rotatable bonds is 13. The number of nitrogens with one attached hydrogen (secondary N) is 1. The van der Waals surface area contributed by atoms with Gasteiger partial charge in [0.25, 0.3) is 0 Å². The molecule has 2 amide bonds. The predicted molar refractivity (Wildman–Crippen MR) is 155 cm³/mol. The van der Waals surface area contributed by atoms with Gasteiger partial charge in [0, 0.05) is 41.0 Å². The van der Waals surface area contributed by atoms with Crippen molar-refractivity contribution in [2.45, 2.75) is 65.1 Å². The normalized spacial score (nSPS) is 12.4. The van der Waals surface area contributed by atoms with Crippen molar-refractivity contribution < 1.29 is 14.3 Å². The second-order valence-corrected chi connectivity index (χ2v) is 10.3. The fraction of sp³-hybridized carbons (Fsp3) is 0.355. The summed E-state index contributed by atoms with van der Waals surface area (Å²) in [7, 11) is 0. The Morgan fingerprint density at radius 3 is 2.24 bits per heavy atom. The number of carbonyl (C=O) groups excluding carboxylic acids is 2. The van der Waals surface area contributed by atoms with Crippen molar-refractivity contribution in [3.63, 3.8) is 0 Å². The van der Waals surface area contributed by atoms with Crippen LogP contribution in [0, 0.1) is 6.92 Å². The highest BCUT2D eigenvalue weighted by Gasteiger charge is 2.31. The lowest BCUT2D eigenvalue weighted by molar-refractivity contribution is -0.141. The van der Waals surface area contributed by atoms with E-state index in [0.29, 0.717) is 35.1 Å². The second kappa shape index (κ2) is 14.8. The maximum absolute atomic E-state index is 13.7. The van der Waals surface area contributed by atoms with E-state index in [2.05, 4.69) is 5.32 Å². The molecule has 0 aromatic heterocycles. The van der Waals surface area contributed by atoms with Crippen LogP contribution in [0.1, 0.15) is 49.8 Å². The van der Waals surface area contributed by atoms with E-state index in [0.717, 1.165) is 23.3 Å². The molecule has 0 fully saturated rings. The molecule has 7 heteroatoms. The van der Waals surface area contributed by atoms with Gasteiger partial charge in [-0.2, -0.15) is 0 Å². The highest BCUT2D eigenvalue weighted by atomic mass is 35.5. The van der Waals surface area contributed by atoms with Gasteiger partial charge in [0.1, 0.15) is 11.8 Å². The van der Waals surface area contributed by atoms with Gasteiger partial charge in [0.2, 0.25) is 11.8 Å². The Kier molecular flexibility index (Phi) is 11.5. The van der Waals surface area contributed by atoms with Crippen LogP contribution in [-0.4, -0.2) is 35.4 Å². The maximum Gasteiger partial charge on any atom is 0.243 e. The van der Waals surface area contributed by atoms with Crippen molar-refractivity contribution in [2.24, 2.45) is 0 Å². The van der Waals surface area contributed by atoms with Gasteiger partial charge < -0.3 is 15.0 Å². The fourth-order valence-corrected chi connectivity index (χ4v) is 4.56. The van der Waals surface area contributed by atoms with Crippen molar-refractivity contribution in [1.82, 2.24) is 10.2 Å². The molecule has 0 radical (unpaired) electrons. The quantitative estimate of drug-likeness (QED) is 0.231. The minimum absolute atomic E-state index is 0.0236. The number of nitrogens with zero attached hydrogens (tertiary/aromatic N) is 1. The van der Waals surface area contributed by atoms with Crippen LogP contribution in [0.15, 0.2) is 72.8 Å². The third kappa shape index (κ3) is 8.78.